The van der Waals surface area contributed by atoms with Crippen LogP contribution in [-0.2, 0) is 14.4 Å². The van der Waals surface area contributed by atoms with Gasteiger partial charge in [0.2, 0.25) is 13.0 Å². The van der Waals surface area contributed by atoms with E-state index in [4.69, 9.17) is 14.2 Å². The molecule has 0 amide bonds. The normalized spacial score (nSPS) is 19.3. The highest BCUT2D eigenvalue weighted by Gasteiger charge is 2.56. The zero-order valence-corrected chi connectivity index (χ0v) is 26.8. The van der Waals surface area contributed by atoms with Crippen LogP contribution in [0.25, 0.3) is 0 Å². The van der Waals surface area contributed by atoms with Gasteiger partial charge in [0.15, 0.2) is 21.3 Å². The second kappa shape index (κ2) is 12.6. The molecule has 9 heteroatoms. The third-order valence-corrected chi connectivity index (χ3v) is 13.6. The molecule has 0 saturated carbocycles. The second-order valence-corrected chi connectivity index (χ2v) is 15.8. The third kappa shape index (κ3) is 5.48. The van der Waals surface area contributed by atoms with Crippen molar-refractivity contribution in [2.24, 2.45) is 5.92 Å². The molecule has 7 nitrogen and oxygen atoms in total. The number of rotatable bonds is 10. The monoisotopic (exact) mass is 619 g/mol. The number of hydrogen-bond acceptors (Lipinski definition) is 6. The Morgan fingerprint density at radius 2 is 1.21 bits per heavy atom. The van der Waals surface area contributed by atoms with Crippen LogP contribution in [0.2, 0.25) is 0 Å². The van der Waals surface area contributed by atoms with Gasteiger partial charge in [0.1, 0.15) is 0 Å². The molecule has 1 aliphatic rings. The molecule has 3 atom stereocenters. The van der Waals surface area contributed by atoms with E-state index in [1.807, 2.05) is 65.3 Å². The van der Waals surface area contributed by atoms with Crippen molar-refractivity contribution in [2.45, 2.75) is 42.5 Å². The Hall–Kier alpha value is -3.58. The van der Waals surface area contributed by atoms with Crippen LogP contribution in [0.3, 0.4) is 0 Å². The standard InChI is InChI=1S/C34H38NO6PS/c1-24(2)29-23-32(43(37,38)28-19-13-8-14-20-28)33(25-21-30(39-3)34(41-5)31(22-25)40-4)35(29)42(36,26-15-9-6-10-16-26)27-17-11-7-12-18-27/h6-22,24,29,32-33H,23H2,1-5H3/t29-,32+,33-/m1/s1. The van der Waals surface area contributed by atoms with E-state index in [9.17, 15) is 8.42 Å². The van der Waals surface area contributed by atoms with Crippen LogP contribution >= 0.6 is 7.29 Å². The first-order valence-corrected chi connectivity index (χ1v) is 17.5. The van der Waals surface area contributed by atoms with Crippen molar-refractivity contribution in [3.05, 3.63) is 109 Å². The fourth-order valence-corrected chi connectivity index (χ4v) is 11.7. The van der Waals surface area contributed by atoms with E-state index < -0.39 is 28.4 Å². The van der Waals surface area contributed by atoms with E-state index in [2.05, 4.69) is 13.8 Å². The average Bonchev–Trinajstić information content (AvgIpc) is 3.47. The maximum absolute atomic E-state index is 16.0. The van der Waals surface area contributed by atoms with Crippen molar-refractivity contribution in [2.75, 3.05) is 21.3 Å². The van der Waals surface area contributed by atoms with Gasteiger partial charge in [-0.3, -0.25) is 4.57 Å². The van der Waals surface area contributed by atoms with Crippen LogP contribution in [0.1, 0.15) is 31.9 Å². The molecule has 1 heterocycles. The Morgan fingerprint density at radius 1 is 0.744 bits per heavy atom. The van der Waals surface area contributed by atoms with E-state index >= 15 is 4.57 Å². The van der Waals surface area contributed by atoms with Gasteiger partial charge in [0, 0.05) is 16.7 Å². The van der Waals surface area contributed by atoms with Gasteiger partial charge >= 0.3 is 0 Å². The summed E-state index contributed by atoms with van der Waals surface area (Å²) in [4.78, 5) is 0.232. The number of ether oxygens (including phenoxy) is 3. The second-order valence-electron chi connectivity index (χ2n) is 11.0. The van der Waals surface area contributed by atoms with Crippen LogP contribution in [0, 0.1) is 5.92 Å². The molecule has 4 aromatic carbocycles. The van der Waals surface area contributed by atoms with Gasteiger partial charge in [-0.05, 0) is 66.4 Å². The van der Waals surface area contributed by atoms with Crippen molar-refractivity contribution < 1.29 is 27.2 Å². The summed E-state index contributed by atoms with van der Waals surface area (Å²) in [5.74, 6) is 1.18. The predicted molar refractivity (Wildman–Crippen MR) is 171 cm³/mol. The van der Waals surface area contributed by atoms with Crippen LogP contribution in [0.15, 0.2) is 108 Å². The van der Waals surface area contributed by atoms with E-state index in [0.717, 1.165) is 0 Å². The quantitative estimate of drug-likeness (QED) is 0.194. The SMILES string of the molecule is COc1cc([C@@H]2[C@@H](S(=O)(=O)c3ccccc3)C[C@H](C(C)C)N2P(=O)(c2ccccc2)c2ccccc2)cc(OC)c1OC. The molecule has 4 aromatic rings. The molecule has 226 valence electrons. The van der Waals surface area contributed by atoms with Gasteiger partial charge in [-0.1, -0.05) is 68.4 Å². The van der Waals surface area contributed by atoms with Gasteiger partial charge in [-0.25, -0.2) is 13.1 Å². The lowest BCUT2D eigenvalue weighted by Crippen LogP contribution is -2.40. The first-order valence-electron chi connectivity index (χ1n) is 14.3. The number of nitrogens with zero attached hydrogens (tertiary/aromatic N) is 1. The summed E-state index contributed by atoms with van der Waals surface area (Å²) in [6.07, 6.45) is 0.292. The molecular formula is C34H38NO6PS. The van der Waals surface area contributed by atoms with Crippen molar-refractivity contribution in [3.8, 4) is 17.2 Å². The summed E-state index contributed by atoms with van der Waals surface area (Å²) in [6, 6.07) is 29.7. The van der Waals surface area contributed by atoms with Gasteiger partial charge < -0.3 is 14.2 Å². The largest absolute Gasteiger partial charge is 0.493 e. The first-order chi connectivity index (χ1) is 20.7. The lowest BCUT2D eigenvalue weighted by Gasteiger charge is -2.40. The third-order valence-electron chi connectivity index (χ3n) is 8.26. The van der Waals surface area contributed by atoms with Gasteiger partial charge in [0.25, 0.3) is 0 Å². The van der Waals surface area contributed by atoms with Crippen molar-refractivity contribution in [1.29, 1.82) is 0 Å². The van der Waals surface area contributed by atoms with E-state index in [0.29, 0.717) is 39.8 Å². The minimum Gasteiger partial charge on any atom is -0.493 e. The Kier molecular flexibility index (Phi) is 9.02. The molecule has 0 spiro atoms. The summed E-state index contributed by atoms with van der Waals surface area (Å²) in [6.45, 7) is 4.11. The van der Waals surface area contributed by atoms with Crippen LogP contribution < -0.4 is 24.8 Å². The summed E-state index contributed by atoms with van der Waals surface area (Å²) < 4.78 is 64.1. The summed E-state index contributed by atoms with van der Waals surface area (Å²) >= 11 is 0. The topological polar surface area (TPSA) is 82.1 Å². The smallest absolute Gasteiger partial charge is 0.208 e. The van der Waals surface area contributed by atoms with E-state index in [1.54, 1.807) is 42.5 Å². The Bertz CT molecular complexity index is 1630. The fraction of sp³-hybridized carbons (Fsp3) is 0.294. The maximum Gasteiger partial charge on any atom is 0.208 e. The predicted octanol–water partition coefficient (Wildman–Crippen LogP) is 6.26. The van der Waals surface area contributed by atoms with E-state index in [1.165, 1.54) is 21.3 Å². The molecule has 0 unspecified atom stereocenters. The van der Waals surface area contributed by atoms with Crippen molar-refractivity contribution in [1.82, 2.24) is 4.67 Å². The lowest BCUT2D eigenvalue weighted by molar-refractivity contribution is 0.274. The van der Waals surface area contributed by atoms with Crippen molar-refractivity contribution >= 4 is 27.7 Å². The number of hydrogen-bond donors (Lipinski definition) is 0. The molecule has 0 aliphatic carbocycles. The Balaban J connectivity index is 1.86. The summed E-state index contributed by atoms with van der Waals surface area (Å²) in [5, 5.41) is 0.370. The van der Waals surface area contributed by atoms with Gasteiger partial charge in [0.05, 0.1) is 37.5 Å². The summed E-state index contributed by atoms with van der Waals surface area (Å²) in [5.41, 5.74) is 0.620. The molecule has 5 rings (SSSR count). The molecule has 0 bridgehead atoms. The van der Waals surface area contributed by atoms with Gasteiger partial charge in [-0.2, -0.15) is 0 Å². The Morgan fingerprint density at radius 3 is 1.63 bits per heavy atom. The lowest BCUT2D eigenvalue weighted by atomic mass is 10.0. The highest BCUT2D eigenvalue weighted by Crippen LogP contribution is 2.61. The van der Waals surface area contributed by atoms with Crippen molar-refractivity contribution in [3.63, 3.8) is 0 Å². The number of methoxy groups -OCH3 is 3. The van der Waals surface area contributed by atoms with E-state index in [-0.39, 0.29) is 16.9 Å². The summed E-state index contributed by atoms with van der Waals surface area (Å²) in [7, 11) is -2.92. The average molecular weight is 620 g/mol. The van der Waals surface area contributed by atoms with Gasteiger partial charge in [-0.15, -0.1) is 0 Å². The minimum absolute atomic E-state index is 0.0127. The van der Waals surface area contributed by atoms with Crippen LogP contribution in [0.5, 0.6) is 17.2 Å². The maximum atomic E-state index is 16.0. The molecule has 1 aliphatic heterocycles. The van der Waals surface area contributed by atoms with Crippen LogP contribution in [-0.4, -0.2) is 45.7 Å². The number of benzene rings is 4. The highest BCUT2D eigenvalue weighted by atomic mass is 32.2. The zero-order chi connectivity index (χ0) is 30.8. The molecule has 0 radical (unpaired) electrons. The zero-order valence-electron chi connectivity index (χ0n) is 25.1. The first kappa shape index (κ1) is 30.9. The molecule has 1 saturated heterocycles. The molecule has 1 fully saturated rings. The fourth-order valence-electron chi connectivity index (χ4n) is 6.21. The number of sulfone groups is 1. The molecule has 0 N–H and O–H groups in total. The highest BCUT2D eigenvalue weighted by molar-refractivity contribution is 7.92. The Labute approximate surface area is 254 Å². The molecule has 0 aromatic heterocycles. The molecular weight excluding hydrogens is 581 g/mol. The van der Waals surface area contributed by atoms with Crippen LogP contribution in [0.4, 0.5) is 0 Å². The molecule has 43 heavy (non-hydrogen) atoms. The minimum atomic E-state index is -3.89.